The lowest BCUT2D eigenvalue weighted by molar-refractivity contribution is 0.0945. The number of nitrogens with zero attached hydrogens (tertiary/aromatic N) is 3. The van der Waals surface area contributed by atoms with E-state index in [9.17, 15) is 4.79 Å². The van der Waals surface area contributed by atoms with Crippen LogP contribution in [0.2, 0.25) is 5.02 Å². The third-order valence-electron chi connectivity index (χ3n) is 4.40. The standard InChI is InChI=1S/C23H19ClN4O2/c24-19-8-4-5-9-21(19)28-13-11-20(27-28)23(29)26-15-18-10-12-25-22(14-18)30-16-17-6-2-1-3-7-17/h1-14H,15-16H2,(H,26,29). The van der Waals surface area contributed by atoms with Crippen LogP contribution in [0, 0.1) is 0 Å². The first kappa shape index (κ1) is 19.7. The summed E-state index contributed by atoms with van der Waals surface area (Å²) in [7, 11) is 0. The molecule has 0 aliphatic heterocycles. The van der Waals surface area contributed by atoms with Gasteiger partial charge < -0.3 is 10.1 Å². The Kier molecular flexibility index (Phi) is 6.06. The lowest BCUT2D eigenvalue weighted by atomic mass is 10.2. The fourth-order valence-corrected chi connectivity index (χ4v) is 3.08. The number of aromatic nitrogens is 3. The van der Waals surface area contributed by atoms with Crippen LogP contribution in [-0.2, 0) is 13.2 Å². The Hall–Kier alpha value is -3.64. The van der Waals surface area contributed by atoms with Crippen LogP contribution in [0.15, 0.2) is 85.2 Å². The van der Waals surface area contributed by atoms with E-state index >= 15 is 0 Å². The minimum absolute atomic E-state index is 0.274. The second-order valence-corrected chi connectivity index (χ2v) is 6.96. The van der Waals surface area contributed by atoms with Crippen molar-refractivity contribution in [3.05, 3.63) is 107 Å². The van der Waals surface area contributed by atoms with Gasteiger partial charge in [0, 0.05) is 25.0 Å². The second-order valence-electron chi connectivity index (χ2n) is 6.56. The lowest BCUT2D eigenvalue weighted by Crippen LogP contribution is -2.23. The SMILES string of the molecule is O=C(NCc1ccnc(OCc2ccccc2)c1)c1ccn(-c2ccccc2Cl)n1. The average Bonchev–Trinajstić information content (AvgIpc) is 3.27. The predicted octanol–water partition coefficient (Wildman–Crippen LogP) is 4.43. The molecule has 150 valence electrons. The molecular weight excluding hydrogens is 400 g/mol. The average molecular weight is 419 g/mol. The topological polar surface area (TPSA) is 69.0 Å². The molecule has 7 heteroatoms. The van der Waals surface area contributed by atoms with Gasteiger partial charge in [0.2, 0.25) is 5.88 Å². The molecule has 0 saturated heterocycles. The van der Waals surface area contributed by atoms with Gasteiger partial charge in [-0.1, -0.05) is 54.1 Å². The molecule has 2 aromatic heterocycles. The molecule has 0 aliphatic carbocycles. The molecule has 6 nitrogen and oxygen atoms in total. The number of halogens is 1. The quantitative estimate of drug-likeness (QED) is 0.482. The van der Waals surface area contributed by atoms with E-state index in [0.29, 0.717) is 35.4 Å². The molecule has 0 spiro atoms. The molecule has 4 aromatic rings. The number of amides is 1. The summed E-state index contributed by atoms with van der Waals surface area (Å²) in [5, 5.41) is 7.74. The summed E-state index contributed by atoms with van der Waals surface area (Å²) in [5.74, 6) is 0.234. The molecule has 2 aromatic carbocycles. The number of carbonyl (C=O) groups is 1. The Bertz CT molecular complexity index is 1140. The van der Waals surface area contributed by atoms with Gasteiger partial charge in [0.05, 0.1) is 10.7 Å². The first-order chi connectivity index (χ1) is 14.7. The maximum atomic E-state index is 12.5. The molecule has 0 aliphatic rings. The molecule has 30 heavy (non-hydrogen) atoms. The number of hydrogen-bond donors (Lipinski definition) is 1. The summed E-state index contributed by atoms with van der Waals surface area (Å²) in [5.41, 5.74) is 2.97. The number of carbonyl (C=O) groups excluding carboxylic acids is 1. The van der Waals surface area contributed by atoms with Crippen molar-refractivity contribution in [2.45, 2.75) is 13.2 Å². The van der Waals surface area contributed by atoms with E-state index in [1.165, 1.54) is 0 Å². The zero-order valence-electron chi connectivity index (χ0n) is 16.0. The predicted molar refractivity (Wildman–Crippen MR) is 115 cm³/mol. The van der Waals surface area contributed by atoms with Crippen LogP contribution in [0.5, 0.6) is 5.88 Å². The number of hydrogen-bond acceptors (Lipinski definition) is 4. The Morgan fingerprint density at radius 3 is 2.63 bits per heavy atom. The highest BCUT2D eigenvalue weighted by molar-refractivity contribution is 6.32. The highest BCUT2D eigenvalue weighted by Crippen LogP contribution is 2.19. The normalized spacial score (nSPS) is 10.6. The fourth-order valence-electron chi connectivity index (χ4n) is 2.86. The number of rotatable bonds is 7. The van der Waals surface area contributed by atoms with Gasteiger partial charge in [0.15, 0.2) is 5.69 Å². The molecule has 0 radical (unpaired) electrons. The lowest BCUT2D eigenvalue weighted by Gasteiger charge is -2.08. The van der Waals surface area contributed by atoms with Crippen LogP contribution >= 0.6 is 11.6 Å². The van der Waals surface area contributed by atoms with Gasteiger partial charge in [-0.2, -0.15) is 5.10 Å². The van der Waals surface area contributed by atoms with Crippen molar-refractivity contribution in [2.75, 3.05) is 0 Å². The molecular formula is C23H19ClN4O2. The maximum Gasteiger partial charge on any atom is 0.272 e. The highest BCUT2D eigenvalue weighted by atomic mass is 35.5. The van der Waals surface area contributed by atoms with E-state index in [1.54, 1.807) is 29.2 Å². The highest BCUT2D eigenvalue weighted by Gasteiger charge is 2.11. The van der Waals surface area contributed by atoms with Gasteiger partial charge in [0.1, 0.15) is 6.61 Å². The molecule has 4 rings (SSSR count). The molecule has 1 N–H and O–H groups in total. The molecule has 1 amide bonds. The zero-order valence-corrected chi connectivity index (χ0v) is 16.8. The van der Waals surface area contributed by atoms with Crippen LogP contribution < -0.4 is 10.1 Å². The molecule has 0 bridgehead atoms. The molecule has 0 fully saturated rings. The van der Waals surface area contributed by atoms with Gasteiger partial charge in [-0.05, 0) is 35.4 Å². The molecule has 0 atom stereocenters. The van der Waals surface area contributed by atoms with Crippen LogP contribution in [0.25, 0.3) is 5.69 Å². The summed E-state index contributed by atoms with van der Waals surface area (Å²) < 4.78 is 7.32. The van der Waals surface area contributed by atoms with E-state index in [1.807, 2.05) is 60.7 Å². The van der Waals surface area contributed by atoms with Gasteiger partial charge in [-0.3, -0.25) is 4.79 Å². The molecule has 0 saturated carbocycles. The van der Waals surface area contributed by atoms with Crippen molar-refractivity contribution >= 4 is 17.5 Å². The number of nitrogens with one attached hydrogen (secondary N) is 1. The van der Waals surface area contributed by atoms with Crippen LogP contribution in [0.1, 0.15) is 21.6 Å². The first-order valence-corrected chi connectivity index (χ1v) is 9.77. The Morgan fingerprint density at radius 2 is 1.80 bits per heavy atom. The minimum Gasteiger partial charge on any atom is -0.473 e. The van der Waals surface area contributed by atoms with Crippen LogP contribution in [0.4, 0.5) is 0 Å². The van der Waals surface area contributed by atoms with Gasteiger partial charge in [-0.15, -0.1) is 0 Å². The number of para-hydroxylation sites is 1. The summed E-state index contributed by atoms with van der Waals surface area (Å²) in [6.07, 6.45) is 3.37. The largest absolute Gasteiger partial charge is 0.473 e. The number of benzene rings is 2. The van der Waals surface area contributed by atoms with Gasteiger partial charge in [-0.25, -0.2) is 9.67 Å². The second kappa shape index (κ2) is 9.24. The minimum atomic E-state index is -0.274. The van der Waals surface area contributed by atoms with Crippen molar-refractivity contribution in [3.63, 3.8) is 0 Å². The van der Waals surface area contributed by atoms with E-state index in [2.05, 4.69) is 15.4 Å². The van der Waals surface area contributed by atoms with Crippen LogP contribution in [-0.4, -0.2) is 20.7 Å². The third-order valence-corrected chi connectivity index (χ3v) is 4.72. The summed E-state index contributed by atoms with van der Waals surface area (Å²) in [6, 6.07) is 22.5. The summed E-state index contributed by atoms with van der Waals surface area (Å²) in [6.45, 7) is 0.769. The Morgan fingerprint density at radius 1 is 1.00 bits per heavy atom. The smallest absolute Gasteiger partial charge is 0.272 e. The van der Waals surface area contributed by atoms with E-state index < -0.39 is 0 Å². The molecule has 0 unspecified atom stereocenters. The van der Waals surface area contributed by atoms with Gasteiger partial charge in [0.25, 0.3) is 5.91 Å². The number of pyridine rings is 1. The van der Waals surface area contributed by atoms with Crippen molar-refractivity contribution in [2.24, 2.45) is 0 Å². The van der Waals surface area contributed by atoms with Crippen molar-refractivity contribution in [3.8, 4) is 11.6 Å². The Balaban J connectivity index is 1.36. The van der Waals surface area contributed by atoms with Gasteiger partial charge >= 0.3 is 0 Å². The zero-order chi connectivity index (χ0) is 20.8. The van der Waals surface area contributed by atoms with E-state index in [-0.39, 0.29) is 5.91 Å². The van der Waals surface area contributed by atoms with E-state index in [4.69, 9.17) is 16.3 Å². The first-order valence-electron chi connectivity index (χ1n) is 9.39. The summed E-state index contributed by atoms with van der Waals surface area (Å²) in [4.78, 5) is 16.7. The monoisotopic (exact) mass is 418 g/mol. The van der Waals surface area contributed by atoms with Crippen molar-refractivity contribution in [1.82, 2.24) is 20.1 Å². The summed E-state index contributed by atoms with van der Waals surface area (Å²) >= 11 is 6.19. The third kappa shape index (κ3) is 4.85. The Labute approximate surface area is 179 Å². The van der Waals surface area contributed by atoms with Crippen molar-refractivity contribution < 1.29 is 9.53 Å². The van der Waals surface area contributed by atoms with Crippen molar-refractivity contribution in [1.29, 1.82) is 0 Å². The van der Waals surface area contributed by atoms with E-state index in [0.717, 1.165) is 11.1 Å². The van der Waals surface area contributed by atoms with Crippen LogP contribution in [0.3, 0.4) is 0 Å². The maximum absolute atomic E-state index is 12.5. The number of ether oxygens (including phenoxy) is 1. The molecule has 2 heterocycles. The fraction of sp³-hybridized carbons (Fsp3) is 0.0870.